The lowest BCUT2D eigenvalue weighted by Gasteiger charge is -2.27. The Morgan fingerprint density at radius 1 is 1.25 bits per heavy atom. The zero-order valence-electron chi connectivity index (χ0n) is 12.5. The molecule has 5 heteroatoms. The van der Waals surface area contributed by atoms with E-state index in [0.717, 1.165) is 47.5 Å². The fourth-order valence-corrected chi connectivity index (χ4v) is 3.33. The average molecular weight is 341 g/mol. The monoisotopic (exact) mass is 340 g/mol. The van der Waals surface area contributed by atoms with Crippen LogP contribution in [0.15, 0.2) is 10.8 Å². The van der Waals surface area contributed by atoms with E-state index in [9.17, 15) is 0 Å². The third-order valence-corrected chi connectivity index (χ3v) is 4.69. The van der Waals surface area contributed by atoms with E-state index in [1.807, 2.05) is 0 Å². The van der Waals surface area contributed by atoms with Gasteiger partial charge in [-0.2, -0.15) is 0 Å². The van der Waals surface area contributed by atoms with E-state index in [1.165, 1.54) is 25.7 Å². The van der Waals surface area contributed by atoms with Crippen LogP contribution in [0.3, 0.4) is 0 Å². The van der Waals surface area contributed by atoms with Crippen LogP contribution in [0.1, 0.15) is 46.0 Å². The Balaban J connectivity index is 1.91. The molecule has 0 bridgehead atoms. The minimum atomic E-state index is 0.771. The van der Waals surface area contributed by atoms with Crippen LogP contribution in [0.25, 0.3) is 0 Å². The highest BCUT2D eigenvalue weighted by molar-refractivity contribution is 9.10. The smallest absolute Gasteiger partial charge is 0.145 e. The zero-order chi connectivity index (χ0) is 14.4. The quantitative estimate of drug-likeness (QED) is 0.810. The van der Waals surface area contributed by atoms with Crippen molar-refractivity contribution in [3.8, 4) is 0 Å². The molecule has 2 unspecified atom stereocenters. The highest BCUT2D eigenvalue weighted by atomic mass is 79.9. The van der Waals surface area contributed by atoms with Crippen molar-refractivity contribution in [1.29, 1.82) is 0 Å². The van der Waals surface area contributed by atoms with Gasteiger partial charge in [0.1, 0.15) is 22.4 Å². The summed E-state index contributed by atoms with van der Waals surface area (Å²) in [4.78, 5) is 8.62. The van der Waals surface area contributed by atoms with Crippen LogP contribution in [0, 0.1) is 11.8 Å². The highest BCUT2D eigenvalue weighted by Crippen LogP contribution is 2.30. The summed E-state index contributed by atoms with van der Waals surface area (Å²) >= 11 is 3.60. The molecule has 1 saturated carbocycles. The predicted octanol–water partition coefficient (Wildman–Crippen LogP) is 4.30. The van der Waals surface area contributed by atoms with Crippen molar-refractivity contribution in [3.63, 3.8) is 0 Å². The van der Waals surface area contributed by atoms with Crippen LogP contribution >= 0.6 is 15.9 Å². The molecule has 1 aromatic rings. The van der Waals surface area contributed by atoms with E-state index in [0.29, 0.717) is 0 Å². The van der Waals surface area contributed by atoms with Gasteiger partial charge in [0, 0.05) is 13.1 Å². The first kappa shape index (κ1) is 15.5. The minimum Gasteiger partial charge on any atom is -0.369 e. The lowest BCUT2D eigenvalue weighted by molar-refractivity contribution is 0.293. The Morgan fingerprint density at radius 3 is 2.70 bits per heavy atom. The normalized spacial score (nSPS) is 22.6. The first-order chi connectivity index (χ1) is 9.70. The van der Waals surface area contributed by atoms with Crippen molar-refractivity contribution < 1.29 is 0 Å². The van der Waals surface area contributed by atoms with Gasteiger partial charge >= 0.3 is 0 Å². The molecule has 1 aromatic heterocycles. The number of nitrogens with one attached hydrogen (secondary N) is 2. The van der Waals surface area contributed by atoms with E-state index in [1.54, 1.807) is 6.33 Å². The molecule has 2 N–H and O–H groups in total. The first-order valence-corrected chi connectivity index (χ1v) is 8.48. The molecule has 0 aliphatic heterocycles. The average Bonchev–Trinajstić information content (AvgIpc) is 2.45. The molecule has 0 saturated heterocycles. The van der Waals surface area contributed by atoms with E-state index in [4.69, 9.17) is 0 Å². The second-order valence-electron chi connectivity index (χ2n) is 5.83. The fourth-order valence-electron chi connectivity index (χ4n) is 2.85. The Bertz CT molecular complexity index is 424. The van der Waals surface area contributed by atoms with Crippen LogP contribution in [0.2, 0.25) is 0 Å². The molecular weight excluding hydrogens is 316 g/mol. The SMILES string of the molecule is CCCNc1ncnc(NCC2CCCC(C)C2)c1Br. The molecule has 1 fully saturated rings. The Morgan fingerprint density at radius 2 is 2.00 bits per heavy atom. The molecule has 1 aliphatic carbocycles. The number of nitrogens with zero attached hydrogens (tertiary/aromatic N) is 2. The molecule has 0 amide bonds. The van der Waals surface area contributed by atoms with Crippen molar-refractivity contribution in [3.05, 3.63) is 10.8 Å². The van der Waals surface area contributed by atoms with Crippen molar-refractivity contribution in [2.75, 3.05) is 23.7 Å². The van der Waals surface area contributed by atoms with Gasteiger partial charge in [-0.25, -0.2) is 9.97 Å². The molecule has 0 spiro atoms. The van der Waals surface area contributed by atoms with Crippen LogP contribution in [-0.4, -0.2) is 23.1 Å². The molecule has 2 atom stereocenters. The van der Waals surface area contributed by atoms with Crippen LogP contribution in [-0.2, 0) is 0 Å². The lowest BCUT2D eigenvalue weighted by atomic mass is 9.82. The maximum absolute atomic E-state index is 4.34. The van der Waals surface area contributed by atoms with Gasteiger partial charge in [0.25, 0.3) is 0 Å². The van der Waals surface area contributed by atoms with E-state index >= 15 is 0 Å². The van der Waals surface area contributed by atoms with Gasteiger partial charge in [0.05, 0.1) is 0 Å². The number of halogens is 1. The summed E-state index contributed by atoms with van der Waals surface area (Å²) in [6.07, 6.45) is 8.12. The Kier molecular flexibility index (Phi) is 6.07. The van der Waals surface area contributed by atoms with E-state index in [-0.39, 0.29) is 0 Å². The third kappa shape index (κ3) is 4.33. The fraction of sp³-hybridized carbons (Fsp3) is 0.733. The molecule has 4 nitrogen and oxygen atoms in total. The summed E-state index contributed by atoms with van der Waals surface area (Å²) in [5.41, 5.74) is 0. The topological polar surface area (TPSA) is 49.8 Å². The van der Waals surface area contributed by atoms with Crippen LogP contribution in [0.5, 0.6) is 0 Å². The molecule has 1 heterocycles. The van der Waals surface area contributed by atoms with Gasteiger partial charge in [0.15, 0.2) is 0 Å². The predicted molar refractivity (Wildman–Crippen MR) is 88.1 cm³/mol. The second kappa shape index (κ2) is 7.81. The Labute approximate surface area is 130 Å². The van der Waals surface area contributed by atoms with Crippen molar-refractivity contribution in [2.24, 2.45) is 11.8 Å². The standard InChI is InChI=1S/C15H25BrN4/c1-3-7-17-14-13(16)15(20-10-19-14)18-9-12-6-4-5-11(2)8-12/h10-12H,3-9H2,1-2H3,(H2,17,18,19,20). The summed E-state index contributed by atoms with van der Waals surface area (Å²) in [5.74, 6) is 3.41. The summed E-state index contributed by atoms with van der Waals surface area (Å²) < 4.78 is 0.942. The molecule has 0 radical (unpaired) electrons. The number of hydrogen-bond donors (Lipinski definition) is 2. The largest absolute Gasteiger partial charge is 0.369 e. The maximum atomic E-state index is 4.34. The highest BCUT2D eigenvalue weighted by Gasteiger charge is 2.19. The molecule has 20 heavy (non-hydrogen) atoms. The number of rotatable bonds is 6. The summed E-state index contributed by atoms with van der Waals surface area (Å²) in [5, 5.41) is 6.79. The minimum absolute atomic E-state index is 0.771. The molecule has 112 valence electrons. The van der Waals surface area contributed by atoms with Crippen LogP contribution < -0.4 is 10.6 Å². The number of hydrogen-bond acceptors (Lipinski definition) is 4. The lowest BCUT2D eigenvalue weighted by Crippen LogP contribution is -2.21. The molecule has 1 aliphatic rings. The van der Waals surface area contributed by atoms with Gasteiger partial charge in [0.2, 0.25) is 0 Å². The number of aromatic nitrogens is 2. The Hall–Kier alpha value is -0.840. The van der Waals surface area contributed by atoms with Gasteiger partial charge < -0.3 is 10.6 Å². The van der Waals surface area contributed by atoms with E-state index < -0.39 is 0 Å². The van der Waals surface area contributed by atoms with Crippen molar-refractivity contribution in [2.45, 2.75) is 46.0 Å². The van der Waals surface area contributed by atoms with Crippen molar-refractivity contribution >= 4 is 27.6 Å². The number of anilines is 2. The first-order valence-electron chi connectivity index (χ1n) is 7.69. The van der Waals surface area contributed by atoms with Gasteiger partial charge in [-0.3, -0.25) is 0 Å². The molecular formula is C15H25BrN4. The summed E-state index contributed by atoms with van der Waals surface area (Å²) in [6.45, 7) is 6.44. The zero-order valence-corrected chi connectivity index (χ0v) is 14.0. The summed E-state index contributed by atoms with van der Waals surface area (Å²) in [7, 11) is 0. The van der Waals surface area contributed by atoms with Gasteiger partial charge in [-0.1, -0.05) is 26.7 Å². The summed E-state index contributed by atoms with van der Waals surface area (Å²) in [6, 6.07) is 0. The maximum Gasteiger partial charge on any atom is 0.145 e. The van der Waals surface area contributed by atoms with Gasteiger partial charge in [-0.15, -0.1) is 0 Å². The second-order valence-corrected chi connectivity index (χ2v) is 6.62. The molecule has 0 aromatic carbocycles. The van der Waals surface area contributed by atoms with E-state index in [2.05, 4.69) is 50.4 Å². The van der Waals surface area contributed by atoms with Gasteiger partial charge in [-0.05, 0) is 47.0 Å². The van der Waals surface area contributed by atoms with Crippen LogP contribution in [0.4, 0.5) is 11.6 Å². The third-order valence-electron chi connectivity index (χ3n) is 3.94. The van der Waals surface area contributed by atoms with Crippen molar-refractivity contribution in [1.82, 2.24) is 9.97 Å². The molecule has 2 rings (SSSR count).